The summed E-state index contributed by atoms with van der Waals surface area (Å²) in [4.78, 5) is 36.0. The maximum atomic E-state index is 12.2. The summed E-state index contributed by atoms with van der Waals surface area (Å²) in [7, 11) is 0. The normalized spacial score (nSPS) is 10.3. The van der Waals surface area contributed by atoms with Crippen LogP contribution in [0.2, 0.25) is 0 Å². The lowest BCUT2D eigenvalue weighted by Crippen LogP contribution is -2.21. The fourth-order valence-corrected chi connectivity index (χ4v) is 3.25. The van der Waals surface area contributed by atoms with Crippen LogP contribution in [0, 0.1) is 6.92 Å². The van der Waals surface area contributed by atoms with E-state index in [9.17, 15) is 14.4 Å². The largest absolute Gasteiger partial charge is 0.494 e. The number of rotatable bonds is 12. The van der Waals surface area contributed by atoms with Crippen molar-refractivity contribution in [3.63, 3.8) is 0 Å². The summed E-state index contributed by atoms with van der Waals surface area (Å²) in [6.45, 7) is 4.04. The van der Waals surface area contributed by atoms with Gasteiger partial charge < -0.3 is 24.8 Å². The topological polar surface area (TPSA) is 103 Å². The molecule has 8 heteroatoms. The van der Waals surface area contributed by atoms with Crippen molar-refractivity contribution in [2.24, 2.45) is 0 Å². The molecular formula is C28H30N2O6. The Morgan fingerprint density at radius 3 is 2.03 bits per heavy atom. The molecule has 3 aromatic rings. The van der Waals surface area contributed by atoms with Gasteiger partial charge in [-0.3, -0.25) is 14.4 Å². The molecule has 0 unspecified atom stereocenters. The van der Waals surface area contributed by atoms with Crippen LogP contribution in [0.3, 0.4) is 0 Å². The van der Waals surface area contributed by atoms with Gasteiger partial charge in [-0.15, -0.1) is 0 Å². The number of aryl methyl sites for hydroxylation is 1. The Morgan fingerprint density at radius 1 is 0.750 bits per heavy atom. The third-order valence-corrected chi connectivity index (χ3v) is 4.96. The van der Waals surface area contributed by atoms with Gasteiger partial charge in [-0.25, -0.2) is 0 Å². The van der Waals surface area contributed by atoms with Gasteiger partial charge in [-0.05, 0) is 86.5 Å². The molecule has 0 atom stereocenters. The lowest BCUT2D eigenvalue weighted by Gasteiger charge is -2.09. The predicted octanol–water partition coefficient (Wildman–Crippen LogP) is 5.48. The first-order chi connectivity index (χ1) is 17.4. The standard InChI is InChI=1S/C28H30N2O6/c1-3-34-23-14-10-22(11-15-23)30-27(32)19-35-28(33)9-5-8-26(31)29-21-12-16-24(17-13-21)36-25-7-4-6-20(2)18-25/h4,6-7,10-18H,3,5,8-9,19H2,1-2H3,(H,29,31)(H,30,32). The van der Waals surface area contributed by atoms with Crippen molar-refractivity contribution in [1.29, 1.82) is 0 Å². The van der Waals surface area contributed by atoms with Crippen molar-refractivity contribution >= 4 is 29.2 Å². The van der Waals surface area contributed by atoms with Gasteiger partial charge in [-0.2, -0.15) is 0 Å². The molecule has 2 amide bonds. The molecule has 0 fully saturated rings. The number of ether oxygens (including phenoxy) is 3. The minimum absolute atomic E-state index is 0.0347. The van der Waals surface area contributed by atoms with Gasteiger partial charge in [0.1, 0.15) is 17.2 Å². The Kier molecular flexibility index (Phi) is 9.88. The number of esters is 1. The number of benzene rings is 3. The zero-order chi connectivity index (χ0) is 25.8. The van der Waals surface area contributed by atoms with Gasteiger partial charge >= 0.3 is 5.97 Å². The second-order valence-corrected chi connectivity index (χ2v) is 8.01. The van der Waals surface area contributed by atoms with E-state index >= 15 is 0 Å². The summed E-state index contributed by atoms with van der Waals surface area (Å²) in [5, 5.41) is 5.43. The number of hydrogen-bond acceptors (Lipinski definition) is 6. The van der Waals surface area contributed by atoms with Crippen LogP contribution in [0.25, 0.3) is 0 Å². The number of carbonyl (C=O) groups excluding carboxylic acids is 3. The number of carbonyl (C=O) groups is 3. The quantitative estimate of drug-likeness (QED) is 0.326. The first-order valence-corrected chi connectivity index (χ1v) is 11.7. The van der Waals surface area contributed by atoms with Gasteiger partial charge in [-0.1, -0.05) is 12.1 Å². The second-order valence-electron chi connectivity index (χ2n) is 8.01. The first-order valence-electron chi connectivity index (χ1n) is 11.7. The summed E-state index contributed by atoms with van der Waals surface area (Å²) in [5.74, 6) is 0.904. The molecule has 0 bridgehead atoms. The molecule has 188 valence electrons. The van der Waals surface area contributed by atoms with E-state index in [1.807, 2.05) is 38.1 Å². The molecule has 2 N–H and O–H groups in total. The van der Waals surface area contributed by atoms with Gasteiger partial charge in [0.05, 0.1) is 6.61 Å². The summed E-state index contributed by atoms with van der Waals surface area (Å²) < 4.78 is 16.1. The van der Waals surface area contributed by atoms with E-state index in [1.165, 1.54) is 0 Å². The zero-order valence-electron chi connectivity index (χ0n) is 20.4. The summed E-state index contributed by atoms with van der Waals surface area (Å²) in [6, 6.07) is 21.7. The number of hydrogen-bond donors (Lipinski definition) is 2. The Bertz CT molecular complexity index is 1160. The highest BCUT2D eigenvalue weighted by molar-refractivity contribution is 5.93. The van der Waals surface area contributed by atoms with Crippen molar-refractivity contribution in [3.05, 3.63) is 78.4 Å². The van der Waals surface area contributed by atoms with E-state index in [0.29, 0.717) is 35.9 Å². The third-order valence-electron chi connectivity index (χ3n) is 4.96. The van der Waals surface area contributed by atoms with Crippen LogP contribution >= 0.6 is 0 Å². The fourth-order valence-electron chi connectivity index (χ4n) is 3.25. The molecule has 0 aliphatic rings. The van der Waals surface area contributed by atoms with Crippen LogP contribution in [-0.4, -0.2) is 31.0 Å². The molecule has 3 rings (SSSR count). The van der Waals surface area contributed by atoms with E-state index in [1.54, 1.807) is 48.5 Å². The SMILES string of the molecule is CCOc1ccc(NC(=O)COC(=O)CCCC(=O)Nc2ccc(Oc3cccc(C)c3)cc2)cc1. The number of nitrogens with one attached hydrogen (secondary N) is 2. The van der Waals surface area contributed by atoms with Crippen LogP contribution in [0.5, 0.6) is 17.2 Å². The monoisotopic (exact) mass is 490 g/mol. The average molecular weight is 491 g/mol. The van der Waals surface area contributed by atoms with Crippen molar-refractivity contribution in [3.8, 4) is 17.2 Å². The van der Waals surface area contributed by atoms with Crippen molar-refractivity contribution in [2.75, 3.05) is 23.8 Å². The molecule has 0 aliphatic carbocycles. The Balaban J connectivity index is 1.31. The maximum absolute atomic E-state index is 12.2. The molecule has 0 aliphatic heterocycles. The fraction of sp³-hybridized carbons (Fsp3) is 0.250. The number of anilines is 2. The van der Waals surface area contributed by atoms with E-state index < -0.39 is 18.5 Å². The van der Waals surface area contributed by atoms with Gasteiger partial charge in [0.15, 0.2) is 6.61 Å². The molecule has 8 nitrogen and oxygen atoms in total. The first kappa shape index (κ1) is 26.3. The lowest BCUT2D eigenvalue weighted by molar-refractivity contribution is -0.147. The average Bonchev–Trinajstić information content (AvgIpc) is 2.85. The zero-order valence-corrected chi connectivity index (χ0v) is 20.4. The highest BCUT2D eigenvalue weighted by Crippen LogP contribution is 2.24. The summed E-state index contributed by atoms with van der Waals surface area (Å²) >= 11 is 0. The van der Waals surface area contributed by atoms with E-state index in [-0.39, 0.29) is 18.7 Å². The Hall–Kier alpha value is -4.33. The van der Waals surface area contributed by atoms with Crippen LogP contribution < -0.4 is 20.1 Å². The molecule has 36 heavy (non-hydrogen) atoms. The third kappa shape index (κ3) is 9.13. The molecule has 3 aromatic carbocycles. The molecule has 0 saturated heterocycles. The smallest absolute Gasteiger partial charge is 0.306 e. The van der Waals surface area contributed by atoms with Crippen molar-refractivity contribution in [1.82, 2.24) is 0 Å². The minimum Gasteiger partial charge on any atom is -0.494 e. The van der Waals surface area contributed by atoms with Crippen LogP contribution in [0.4, 0.5) is 11.4 Å². The van der Waals surface area contributed by atoms with Gasteiger partial charge in [0, 0.05) is 24.2 Å². The van der Waals surface area contributed by atoms with Crippen molar-refractivity contribution < 1.29 is 28.6 Å². The maximum Gasteiger partial charge on any atom is 0.306 e. The van der Waals surface area contributed by atoms with E-state index in [0.717, 1.165) is 11.3 Å². The van der Waals surface area contributed by atoms with E-state index in [2.05, 4.69) is 10.6 Å². The summed E-state index contributed by atoms with van der Waals surface area (Å²) in [5.41, 5.74) is 2.31. The molecule has 0 saturated carbocycles. The highest BCUT2D eigenvalue weighted by atomic mass is 16.5. The molecule has 0 aromatic heterocycles. The molecule has 0 radical (unpaired) electrons. The lowest BCUT2D eigenvalue weighted by atomic mass is 10.2. The second kappa shape index (κ2) is 13.5. The number of amides is 2. The molecular weight excluding hydrogens is 460 g/mol. The minimum atomic E-state index is -0.540. The molecule has 0 heterocycles. The van der Waals surface area contributed by atoms with Crippen molar-refractivity contribution in [2.45, 2.75) is 33.1 Å². The highest BCUT2D eigenvalue weighted by Gasteiger charge is 2.10. The summed E-state index contributed by atoms with van der Waals surface area (Å²) in [6.07, 6.45) is 0.488. The Labute approximate surface area is 210 Å². The molecule has 0 spiro atoms. The van der Waals surface area contributed by atoms with Gasteiger partial charge in [0.2, 0.25) is 5.91 Å². The predicted molar refractivity (Wildman–Crippen MR) is 137 cm³/mol. The Morgan fingerprint density at radius 2 is 1.39 bits per heavy atom. The van der Waals surface area contributed by atoms with Crippen LogP contribution in [-0.2, 0) is 19.1 Å². The van der Waals surface area contributed by atoms with Crippen LogP contribution in [0.15, 0.2) is 72.8 Å². The van der Waals surface area contributed by atoms with Gasteiger partial charge in [0.25, 0.3) is 5.91 Å². The van der Waals surface area contributed by atoms with Crippen LogP contribution in [0.1, 0.15) is 31.7 Å². The van der Waals surface area contributed by atoms with E-state index in [4.69, 9.17) is 14.2 Å².